The SMILES string of the molecule is O=C(CC(=O)N1CCC(Sc2ccccc2Br)CC1)Nc1ccc(-c2ccccc2)nc1. The summed E-state index contributed by atoms with van der Waals surface area (Å²) >= 11 is 5.44. The molecule has 3 aromatic rings. The second kappa shape index (κ2) is 10.8. The van der Waals surface area contributed by atoms with Gasteiger partial charge in [-0.1, -0.05) is 42.5 Å². The van der Waals surface area contributed by atoms with Gasteiger partial charge in [0.2, 0.25) is 11.8 Å². The lowest BCUT2D eigenvalue weighted by Crippen LogP contribution is -2.40. The predicted octanol–water partition coefficient (Wildman–Crippen LogP) is 5.62. The number of hydrogen-bond acceptors (Lipinski definition) is 4. The fraction of sp³-hybridized carbons (Fsp3) is 0.240. The molecule has 2 amide bonds. The zero-order valence-electron chi connectivity index (χ0n) is 17.5. The van der Waals surface area contributed by atoms with Crippen LogP contribution in [0.25, 0.3) is 11.3 Å². The number of thioether (sulfide) groups is 1. The van der Waals surface area contributed by atoms with Gasteiger partial charge in [0.25, 0.3) is 0 Å². The van der Waals surface area contributed by atoms with E-state index < -0.39 is 0 Å². The van der Waals surface area contributed by atoms with E-state index in [1.54, 1.807) is 11.1 Å². The number of likely N-dealkylation sites (tertiary alicyclic amines) is 1. The van der Waals surface area contributed by atoms with Gasteiger partial charge in [0.05, 0.1) is 17.6 Å². The van der Waals surface area contributed by atoms with Gasteiger partial charge in [-0.05, 0) is 53.0 Å². The van der Waals surface area contributed by atoms with Crippen LogP contribution in [0.5, 0.6) is 0 Å². The third-order valence-corrected chi connectivity index (χ3v) is 7.72. The molecule has 0 atom stereocenters. The molecule has 1 fully saturated rings. The topological polar surface area (TPSA) is 62.3 Å². The van der Waals surface area contributed by atoms with E-state index in [2.05, 4.69) is 32.3 Å². The number of piperidine rings is 1. The van der Waals surface area contributed by atoms with Crippen molar-refractivity contribution >= 4 is 45.2 Å². The zero-order chi connectivity index (χ0) is 22.3. The molecular weight excluding hydrogens is 486 g/mol. The van der Waals surface area contributed by atoms with E-state index in [9.17, 15) is 9.59 Å². The van der Waals surface area contributed by atoms with Crippen LogP contribution in [-0.4, -0.2) is 40.0 Å². The standard InChI is InChI=1S/C25H24BrN3O2S/c26-21-8-4-5-9-23(21)32-20-12-14-29(15-13-20)25(31)16-24(30)28-19-10-11-22(27-17-19)18-6-2-1-3-7-18/h1-11,17,20H,12-16H2,(H,28,30). The molecule has 1 aliphatic heterocycles. The van der Waals surface area contributed by atoms with Crippen molar-refractivity contribution in [3.05, 3.63) is 77.4 Å². The summed E-state index contributed by atoms with van der Waals surface area (Å²) in [6.45, 7) is 1.36. The highest BCUT2D eigenvalue weighted by Gasteiger charge is 2.25. The average Bonchev–Trinajstić information content (AvgIpc) is 2.82. The van der Waals surface area contributed by atoms with Crippen molar-refractivity contribution in [3.63, 3.8) is 0 Å². The highest BCUT2D eigenvalue weighted by atomic mass is 79.9. The van der Waals surface area contributed by atoms with Gasteiger partial charge in [0.1, 0.15) is 6.42 Å². The molecule has 164 valence electrons. The largest absolute Gasteiger partial charge is 0.342 e. The van der Waals surface area contributed by atoms with Crippen molar-refractivity contribution in [2.75, 3.05) is 18.4 Å². The zero-order valence-corrected chi connectivity index (χ0v) is 19.9. The van der Waals surface area contributed by atoms with Crippen LogP contribution in [0, 0.1) is 0 Å². The second-order valence-corrected chi connectivity index (χ2v) is 9.85. The van der Waals surface area contributed by atoms with Gasteiger partial charge in [-0.15, -0.1) is 11.8 Å². The molecule has 5 nitrogen and oxygen atoms in total. The van der Waals surface area contributed by atoms with Gasteiger partial charge in [-0.25, -0.2) is 0 Å². The van der Waals surface area contributed by atoms with Crippen LogP contribution in [0.1, 0.15) is 19.3 Å². The molecule has 0 aliphatic carbocycles. The summed E-state index contributed by atoms with van der Waals surface area (Å²) in [5.41, 5.74) is 2.44. The van der Waals surface area contributed by atoms with Gasteiger partial charge in [0, 0.05) is 33.3 Å². The van der Waals surface area contributed by atoms with E-state index in [0.29, 0.717) is 24.0 Å². The monoisotopic (exact) mass is 509 g/mol. The summed E-state index contributed by atoms with van der Waals surface area (Å²) in [7, 11) is 0. The number of aromatic nitrogens is 1. The van der Waals surface area contributed by atoms with E-state index >= 15 is 0 Å². The van der Waals surface area contributed by atoms with Crippen molar-refractivity contribution in [2.45, 2.75) is 29.4 Å². The second-order valence-electron chi connectivity index (χ2n) is 7.65. The van der Waals surface area contributed by atoms with Gasteiger partial charge >= 0.3 is 0 Å². The first-order chi connectivity index (χ1) is 15.6. The Morgan fingerprint density at radius 3 is 2.41 bits per heavy atom. The van der Waals surface area contributed by atoms with E-state index in [1.807, 2.05) is 72.4 Å². The summed E-state index contributed by atoms with van der Waals surface area (Å²) in [6.07, 6.45) is 3.31. The molecular formula is C25H24BrN3O2S. The van der Waals surface area contributed by atoms with Gasteiger partial charge in [-0.2, -0.15) is 0 Å². The molecule has 2 heterocycles. The number of hydrogen-bond donors (Lipinski definition) is 1. The van der Waals surface area contributed by atoms with Gasteiger partial charge in [0.15, 0.2) is 0 Å². The number of anilines is 1. The van der Waals surface area contributed by atoms with Crippen molar-refractivity contribution in [3.8, 4) is 11.3 Å². The Bertz CT molecular complexity index is 1070. The maximum atomic E-state index is 12.6. The van der Waals surface area contributed by atoms with Crippen molar-refractivity contribution < 1.29 is 9.59 Å². The number of carbonyl (C=O) groups excluding carboxylic acids is 2. The van der Waals surface area contributed by atoms with Gasteiger partial charge in [-0.3, -0.25) is 14.6 Å². The van der Waals surface area contributed by atoms with Crippen LogP contribution in [0.3, 0.4) is 0 Å². The number of halogens is 1. The summed E-state index contributed by atoms with van der Waals surface area (Å²) in [6, 6.07) is 21.7. The van der Waals surface area contributed by atoms with Crippen molar-refractivity contribution in [1.29, 1.82) is 0 Å². The lowest BCUT2D eigenvalue weighted by molar-refractivity contribution is -0.135. The minimum Gasteiger partial charge on any atom is -0.342 e. The first-order valence-corrected chi connectivity index (χ1v) is 12.3. The smallest absolute Gasteiger partial charge is 0.233 e. The molecule has 0 bridgehead atoms. The Hall–Kier alpha value is -2.64. The highest BCUT2D eigenvalue weighted by molar-refractivity contribution is 9.10. The first kappa shape index (κ1) is 22.6. The molecule has 0 saturated carbocycles. The average molecular weight is 510 g/mol. The van der Waals surface area contributed by atoms with E-state index in [1.165, 1.54) is 4.90 Å². The molecule has 1 saturated heterocycles. The third kappa shape index (κ3) is 5.99. The van der Waals surface area contributed by atoms with Crippen molar-refractivity contribution in [2.24, 2.45) is 0 Å². The van der Waals surface area contributed by atoms with Crippen LogP contribution in [-0.2, 0) is 9.59 Å². The molecule has 0 unspecified atom stereocenters. The Morgan fingerprint density at radius 1 is 1.00 bits per heavy atom. The Labute approximate surface area is 200 Å². The summed E-state index contributed by atoms with van der Waals surface area (Å²) < 4.78 is 1.10. The van der Waals surface area contributed by atoms with E-state index in [-0.39, 0.29) is 18.2 Å². The minimum atomic E-state index is -0.311. The maximum Gasteiger partial charge on any atom is 0.233 e. The Kier molecular flexibility index (Phi) is 7.60. The Balaban J connectivity index is 1.24. The quantitative estimate of drug-likeness (QED) is 0.437. The Morgan fingerprint density at radius 2 is 1.72 bits per heavy atom. The van der Waals surface area contributed by atoms with Gasteiger partial charge < -0.3 is 10.2 Å². The molecule has 1 aromatic heterocycles. The molecule has 0 radical (unpaired) electrons. The van der Waals surface area contributed by atoms with Crippen LogP contribution in [0.2, 0.25) is 0 Å². The summed E-state index contributed by atoms with van der Waals surface area (Å²) in [5.74, 6) is -0.435. The number of amides is 2. The molecule has 32 heavy (non-hydrogen) atoms. The van der Waals surface area contributed by atoms with Crippen LogP contribution >= 0.6 is 27.7 Å². The lowest BCUT2D eigenvalue weighted by atomic mass is 10.1. The van der Waals surface area contributed by atoms with Crippen LogP contribution in [0.4, 0.5) is 5.69 Å². The maximum absolute atomic E-state index is 12.6. The number of nitrogens with one attached hydrogen (secondary N) is 1. The lowest BCUT2D eigenvalue weighted by Gasteiger charge is -2.31. The number of benzene rings is 2. The van der Waals surface area contributed by atoms with Crippen LogP contribution in [0.15, 0.2) is 82.3 Å². The number of pyridine rings is 1. The van der Waals surface area contributed by atoms with Crippen molar-refractivity contribution in [1.82, 2.24) is 9.88 Å². The summed E-state index contributed by atoms with van der Waals surface area (Å²) in [4.78, 5) is 32.4. The third-order valence-electron chi connectivity index (χ3n) is 5.35. The number of carbonyl (C=O) groups is 2. The van der Waals surface area contributed by atoms with E-state index in [4.69, 9.17) is 0 Å². The molecule has 1 aliphatic rings. The van der Waals surface area contributed by atoms with E-state index in [0.717, 1.165) is 28.6 Å². The number of nitrogens with zero attached hydrogens (tertiary/aromatic N) is 2. The molecule has 4 rings (SSSR count). The first-order valence-electron chi connectivity index (χ1n) is 10.6. The van der Waals surface area contributed by atoms with Crippen LogP contribution < -0.4 is 5.32 Å². The fourth-order valence-corrected chi connectivity index (χ4v) is 5.35. The molecule has 7 heteroatoms. The minimum absolute atomic E-state index is 0.124. The molecule has 2 aromatic carbocycles. The summed E-state index contributed by atoms with van der Waals surface area (Å²) in [5, 5.41) is 3.25. The predicted molar refractivity (Wildman–Crippen MR) is 133 cm³/mol. The molecule has 1 N–H and O–H groups in total. The molecule has 0 spiro atoms. The number of rotatable bonds is 6. The normalized spacial score (nSPS) is 14.2. The highest BCUT2D eigenvalue weighted by Crippen LogP contribution is 2.34. The fourth-order valence-electron chi connectivity index (χ4n) is 3.64.